The van der Waals surface area contributed by atoms with Crippen LogP contribution in [0.4, 0.5) is 0 Å². The summed E-state index contributed by atoms with van der Waals surface area (Å²) in [5.74, 6) is 6.44. The van der Waals surface area contributed by atoms with Gasteiger partial charge in [0.15, 0.2) is 11.5 Å². The molecule has 34 heavy (non-hydrogen) atoms. The zero-order valence-electron chi connectivity index (χ0n) is 19.5. The Labute approximate surface area is 199 Å². The first-order chi connectivity index (χ1) is 16.4. The molecule has 0 fully saturated rings. The predicted molar refractivity (Wildman–Crippen MR) is 132 cm³/mol. The molecule has 0 spiro atoms. The second kappa shape index (κ2) is 10.2. The Bertz CT molecular complexity index is 1340. The maximum Gasteiger partial charge on any atom is 0.304 e. The highest BCUT2D eigenvalue weighted by Gasteiger charge is 2.13. The molecule has 0 aliphatic carbocycles. The van der Waals surface area contributed by atoms with Gasteiger partial charge in [-0.1, -0.05) is 62.2 Å². The Morgan fingerprint density at radius 2 is 1.74 bits per heavy atom. The number of ether oxygens (including phenoxy) is 1. The molecule has 0 aliphatic rings. The monoisotopic (exact) mass is 453 g/mol. The SMILES string of the molecule is CC#C[C@@H](CC(=O)O)c1ccc(OCc2ccc3nc(-c4ccc(C(C)C)cc4)nn3c2)cc1. The lowest BCUT2D eigenvalue weighted by molar-refractivity contribution is -0.137. The molecule has 0 bridgehead atoms. The predicted octanol–water partition coefficient (Wildman–Crippen LogP) is 5.68. The summed E-state index contributed by atoms with van der Waals surface area (Å²) < 4.78 is 7.70. The number of hydrogen-bond donors (Lipinski definition) is 1. The summed E-state index contributed by atoms with van der Waals surface area (Å²) in [4.78, 5) is 15.7. The van der Waals surface area contributed by atoms with Crippen molar-refractivity contribution in [3.8, 4) is 29.0 Å². The van der Waals surface area contributed by atoms with Crippen molar-refractivity contribution >= 4 is 11.6 Å². The molecule has 0 saturated carbocycles. The van der Waals surface area contributed by atoms with E-state index in [2.05, 4.69) is 60.0 Å². The average molecular weight is 454 g/mol. The molecule has 6 nitrogen and oxygen atoms in total. The number of fused-ring (bicyclic) bond motifs is 1. The van der Waals surface area contributed by atoms with E-state index in [1.165, 1.54) is 5.56 Å². The second-order valence-corrected chi connectivity index (χ2v) is 8.45. The quantitative estimate of drug-likeness (QED) is 0.347. The number of benzene rings is 2. The van der Waals surface area contributed by atoms with Crippen LogP contribution in [-0.2, 0) is 11.4 Å². The Hall–Kier alpha value is -4.11. The summed E-state index contributed by atoms with van der Waals surface area (Å²) in [6.07, 6.45) is 1.89. The van der Waals surface area contributed by atoms with Crippen molar-refractivity contribution in [1.82, 2.24) is 14.6 Å². The standard InChI is InChI=1S/C28H27N3O3/c1-4-5-24(16-27(32)33)22-11-13-25(14-12-22)34-18-20-6-15-26-29-28(30-31(26)17-20)23-9-7-21(8-10-23)19(2)3/h6-15,17,19,24H,16,18H2,1-3H3,(H,32,33)/t24-/m0/s1. The fourth-order valence-corrected chi connectivity index (χ4v) is 3.71. The number of hydrogen-bond acceptors (Lipinski definition) is 4. The third kappa shape index (κ3) is 5.44. The van der Waals surface area contributed by atoms with Gasteiger partial charge in [-0.2, -0.15) is 0 Å². The summed E-state index contributed by atoms with van der Waals surface area (Å²) in [6.45, 7) is 6.44. The lowest BCUT2D eigenvalue weighted by Crippen LogP contribution is -2.04. The number of nitrogens with zero attached hydrogens (tertiary/aromatic N) is 3. The van der Waals surface area contributed by atoms with Gasteiger partial charge < -0.3 is 9.84 Å². The summed E-state index contributed by atoms with van der Waals surface area (Å²) in [5, 5.41) is 13.7. The highest BCUT2D eigenvalue weighted by atomic mass is 16.5. The van der Waals surface area contributed by atoms with E-state index < -0.39 is 5.97 Å². The van der Waals surface area contributed by atoms with Gasteiger partial charge in [-0.05, 0) is 42.2 Å². The average Bonchev–Trinajstić information content (AvgIpc) is 3.26. The minimum atomic E-state index is -0.868. The molecule has 4 aromatic rings. The number of aliphatic carboxylic acids is 1. The third-order valence-electron chi connectivity index (χ3n) is 5.61. The second-order valence-electron chi connectivity index (χ2n) is 8.45. The first kappa shape index (κ1) is 23.1. The highest BCUT2D eigenvalue weighted by Crippen LogP contribution is 2.24. The molecule has 0 amide bonds. The van der Waals surface area contributed by atoms with Crippen LogP contribution >= 0.6 is 0 Å². The van der Waals surface area contributed by atoms with Gasteiger partial charge in [0.05, 0.1) is 12.3 Å². The lowest BCUT2D eigenvalue weighted by atomic mass is 9.96. The first-order valence-corrected chi connectivity index (χ1v) is 11.3. The molecule has 6 heteroatoms. The largest absolute Gasteiger partial charge is 0.489 e. The van der Waals surface area contributed by atoms with E-state index >= 15 is 0 Å². The van der Waals surface area contributed by atoms with Gasteiger partial charge in [-0.3, -0.25) is 4.79 Å². The van der Waals surface area contributed by atoms with E-state index in [0.717, 1.165) is 22.3 Å². The molecule has 0 saturated heterocycles. The number of pyridine rings is 1. The van der Waals surface area contributed by atoms with Crippen LogP contribution in [-0.4, -0.2) is 25.7 Å². The van der Waals surface area contributed by atoms with Gasteiger partial charge in [-0.25, -0.2) is 9.50 Å². The van der Waals surface area contributed by atoms with Crippen LogP contribution in [0.5, 0.6) is 5.75 Å². The van der Waals surface area contributed by atoms with E-state index in [0.29, 0.717) is 24.1 Å². The molecule has 4 rings (SSSR count). The Balaban J connectivity index is 1.44. The van der Waals surface area contributed by atoms with Crippen LogP contribution in [0, 0.1) is 11.8 Å². The van der Waals surface area contributed by atoms with Crippen molar-refractivity contribution in [2.75, 3.05) is 0 Å². The molecule has 1 atom stereocenters. The summed E-state index contributed by atoms with van der Waals surface area (Å²) in [5.41, 5.74) is 4.87. The topological polar surface area (TPSA) is 76.7 Å². The molecule has 1 N–H and O–H groups in total. The molecule has 2 aromatic heterocycles. The molecule has 0 radical (unpaired) electrons. The van der Waals surface area contributed by atoms with E-state index in [-0.39, 0.29) is 12.3 Å². The lowest BCUT2D eigenvalue weighted by Gasteiger charge is -2.11. The summed E-state index contributed by atoms with van der Waals surface area (Å²) in [6, 6.07) is 19.7. The van der Waals surface area contributed by atoms with Crippen LogP contribution in [0.1, 0.15) is 55.7 Å². The molecule has 0 aliphatic heterocycles. The normalized spacial score (nSPS) is 11.8. The Morgan fingerprint density at radius 3 is 2.38 bits per heavy atom. The van der Waals surface area contributed by atoms with Gasteiger partial charge in [0, 0.05) is 17.3 Å². The fourth-order valence-electron chi connectivity index (χ4n) is 3.71. The molecular weight excluding hydrogens is 426 g/mol. The van der Waals surface area contributed by atoms with E-state index in [9.17, 15) is 4.79 Å². The molecular formula is C28H27N3O3. The maximum absolute atomic E-state index is 11.1. The minimum absolute atomic E-state index is 0.0250. The van der Waals surface area contributed by atoms with Gasteiger partial charge >= 0.3 is 5.97 Å². The number of carbonyl (C=O) groups is 1. The van der Waals surface area contributed by atoms with Crippen molar-refractivity contribution in [3.05, 3.63) is 83.6 Å². The smallest absolute Gasteiger partial charge is 0.304 e. The van der Waals surface area contributed by atoms with E-state index in [4.69, 9.17) is 9.84 Å². The van der Waals surface area contributed by atoms with Crippen LogP contribution in [0.2, 0.25) is 0 Å². The van der Waals surface area contributed by atoms with Crippen LogP contribution < -0.4 is 4.74 Å². The van der Waals surface area contributed by atoms with Crippen LogP contribution in [0.25, 0.3) is 17.0 Å². The van der Waals surface area contributed by atoms with Crippen molar-refractivity contribution in [2.45, 2.75) is 45.6 Å². The van der Waals surface area contributed by atoms with Crippen LogP contribution in [0.15, 0.2) is 66.9 Å². The van der Waals surface area contributed by atoms with Crippen molar-refractivity contribution < 1.29 is 14.6 Å². The molecule has 172 valence electrons. The van der Waals surface area contributed by atoms with E-state index in [1.807, 2.05) is 42.6 Å². The molecule has 0 unspecified atom stereocenters. The number of aromatic nitrogens is 3. The highest BCUT2D eigenvalue weighted by molar-refractivity contribution is 5.69. The Morgan fingerprint density at radius 1 is 1.03 bits per heavy atom. The zero-order chi connectivity index (χ0) is 24.1. The maximum atomic E-state index is 11.1. The zero-order valence-corrected chi connectivity index (χ0v) is 19.5. The summed E-state index contributed by atoms with van der Waals surface area (Å²) in [7, 11) is 0. The first-order valence-electron chi connectivity index (χ1n) is 11.3. The van der Waals surface area contributed by atoms with E-state index in [1.54, 1.807) is 11.4 Å². The third-order valence-corrected chi connectivity index (χ3v) is 5.61. The van der Waals surface area contributed by atoms with Crippen LogP contribution in [0.3, 0.4) is 0 Å². The van der Waals surface area contributed by atoms with Gasteiger partial charge in [0.1, 0.15) is 12.4 Å². The number of carboxylic acids is 1. The molecule has 2 heterocycles. The number of rotatable bonds is 8. The fraction of sp³-hybridized carbons (Fsp3) is 0.250. The number of carboxylic acid groups (broad SMARTS) is 1. The van der Waals surface area contributed by atoms with Gasteiger partial charge in [0.2, 0.25) is 0 Å². The van der Waals surface area contributed by atoms with Crippen molar-refractivity contribution in [3.63, 3.8) is 0 Å². The van der Waals surface area contributed by atoms with Crippen molar-refractivity contribution in [2.24, 2.45) is 0 Å². The van der Waals surface area contributed by atoms with Crippen molar-refractivity contribution in [1.29, 1.82) is 0 Å². The Kier molecular flexibility index (Phi) is 6.93. The van der Waals surface area contributed by atoms with Gasteiger partial charge in [-0.15, -0.1) is 11.0 Å². The van der Waals surface area contributed by atoms with Gasteiger partial charge in [0.25, 0.3) is 0 Å². The summed E-state index contributed by atoms with van der Waals surface area (Å²) >= 11 is 0. The minimum Gasteiger partial charge on any atom is -0.489 e. The molecule has 2 aromatic carbocycles.